The maximum atomic E-state index is 12.9. The Labute approximate surface area is 188 Å². The van der Waals surface area contributed by atoms with Gasteiger partial charge in [0.15, 0.2) is 0 Å². The molecule has 3 aromatic rings. The van der Waals surface area contributed by atoms with Crippen LogP contribution in [0.3, 0.4) is 0 Å². The molecule has 2 aliphatic heterocycles. The van der Waals surface area contributed by atoms with Gasteiger partial charge in [0.2, 0.25) is 11.8 Å². The van der Waals surface area contributed by atoms with Gasteiger partial charge in [-0.1, -0.05) is 18.2 Å². The van der Waals surface area contributed by atoms with E-state index < -0.39 is 0 Å². The topological polar surface area (TPSA) is 57.0 Å². The highest BCUT2D eigenvalue weighted by Crippen LogP contribution is 2.28. The van der Waals surface area contributed by atoms with Crippen LogP contribution in [0.1, 0.15) is 22.3 Å². The Morgan fingerprint density at radius 1 is 0.938 bits per heavy atom. The van der Waals surface area contributed by atoms with Crippen LogP contribution in [0.4, 0.5) is 5.69 Å². The summed E-state index contributed by atoms with van der Waals surface area (Å²) in [5.41, 5.74) is 6.46. The zero-order valence-corrected chi connectivity index (χ0v) is 18.8. The van der Waals surface area contributed by atoms with Gasteiger partial charge in [-0.2, -0.15) is 0 Å². The van der Waals surface area contributed by atoms with Crippen LogP contribution < -0.4 is 4.90 Å². The molecule has 0 aliphatic carbocycles. The van der Waals surface area contributed by atoms with E-state index in [9.17, 15) is 9.59 Å². The molecule has 0 radical (unpaired) electrons. The van der Waals surface area contributed by atoms with E-state index in [1.165, 1.54) is 16.7 Å². The molecule has 2 aromatic carbocycles. The smallest absolute Gasteiger partial charge is 0.241 e. The number of amides is 2. The lowest BCUT2D eigenvalue weighted by molar-refractivity contribution is -0.132. The molecule has 6 nitrogen and oxygen atoms in total. The number of nitrogens with zero attached hydrogens (tertiary/aromatic N) is 3. The van der Waals surface area contributed by atoms with Gasteiger partial charge >= 0.3 is 0 Å². The van der Waals surface area contributed by atoms with E-state index in [0.29, 0.717) is 26.1 Å². The van der Waals surface area contributed by atoms with Crippen LogP contribution >= 0.6 is 0 Å². The van der Waals surface area contributed by atoms with Crippen molar-refractivity contribution < 1.29 is 14.0 Å². The molecule has 5 rings (SSSR count). The monoisotopic (exact) mass is 431 g/mol. The lowest BCUT2D eigenvalue weighted by Crippen LogP contribution is -2.51. The molecule has 3 heterocycles. The maximum absolute atomic E-state index is 12.9. The van der Waals surface area contributed by atoms with Gasteiger partial charge in [0.1, 0.15) is 5.58 Å². The number of aryl methyl sites for hydroxylation is 2. The summed E-state index contributed by atoms with van der Waals surface area (Å²) in [4.78, 5) is 31.8. The fraction of sp³-hybridized carbons (Fsp3) is 0.385. The Morgan fingerprint density at radius 3 is 2.50 bits per heavy atom. The average molecular weight is 432 g/mol. The summed E-state index contributed by atoms with van der Waals surface area (Å²) < 4.78 is 5.69. The molecule has 0 atom stereocenters. The van der Waals surface area contributed by atoms with E-state index in [1.54, 1.807) is 6.26 Å². The number of piperazine rings is 1. The third-order valence-electron chi connectivity index (χ3n) is 6.88. The minimum atomic E-state index is 0.116. The molecule has 6 heteroatoms. The van der Waals surface area contributed by atoms with E-state index in [-0.39, 0.29) is 11.8 Å². The fourth-order valence-corrected chi connectivity index (χ4v) is 4.78. The summed E-state index contributed by atoms with van der Waals surface area (Å²) >= 11 is 0. The van der Waals surface area contributed by atoms with E-state index in [0.717, 1.165) is 48.3 Å². The minimum Gasteiger partial charge on any atom is -0.464 e. The quantitative estimate of drug-likeness (QED) is 0.636. The van der Waals surface area contributed by atoms with Crippen molar-refractivity contribution in [1.29, 1.82) is 0 Å². The molecule has 0 N–H and O–H groups in total. The molecule has 0 saturated carbocycles. The molecule has 0 spiro atoms. The Bertz CT molecular complexity index is 1170. The molecule has 2 amide bonds. The van der Waals surface area contributed by atoms with Crippen molar-refractivity contribution >= 4 is 28.5 Å². The first-order chi connectivity index (χ1) is 15.5. The van der Waals surface area contributed by atoms with Crippen molar-refractivity contribution in [1.82, 2.24) is 9.80 Å². The van der Waals surface area contributed by atoms with Crippen LogP contribution in [0.15, 0.2) is 47.1 Å². The molecular weight excluding hydrogens is 402 g/mol. The molecule has 2 aliphatic rings. The summed E-state index contributed by atoms with van der Waals surface area (Å²) in [6.07, 6.45) is 2.98. The Kier molecular flexibility index (Phi) is 5.47. The molecule has 0 unspecified atom stereocenters. The van der Waals surface area contributed by atoms with Crippen molar-refractivity contribution in [2.75, 3.05) is 44.2 Å². The Balaban J connectivity index is 1.16. The standard InChI is InChI=1S/C26H29N3O3/c1-18-13-22-21(17-32-24(22)14-19(18)2)15-25(30)28-11-9-27(10-12-28)16-26(31)29-8-7-20-5-3-4-6-23(20)29/h3-6,13-14,17H,7-12,15-16H2,1-2H3. The van der Waals surface area contributed by atoms with Crippen LogP contribution in [-0.2, 0) is 22.4 Å². The van der Waals surface area contributed by atoms with Crippen LogP contribution in [-0.4, -0.2) is 60.9 Å². The summed E-state index contributed by atoms with van der Waals surface area (Å²) in [6.45, 7) is 8.04. The van der Waals surface area contributed by atoms with Gasteiger partial charge < -0.3 is 14.2 Å². The molecule has 1 fully saturated rings. The Morgan fingerprint density at radius 2 is 1.69 bits per heavy atom. The van der Waals surface area contributed by atoms with Gasteiger partial charge in [-0.3, -0.25) is 14.5 Å². The van der Waals surface area contributed by atoms with E-state index >= 15 is 0 Å². The molecule has 0 bridgehead atoms. The first-order valence-corrected chi connectivity index (χ1v) is 11.4. The SMILES string of the molecule is Cc1cc2occ(CC(=O)N3CCN(CC(=O)N4CCc5ccccc54)CC3)c2cc1C. The highest BCUT2D eigenvalue weighted by Gasteiger charge is 2.28. The molecule has 1 saturated heterocycles. The third kappa shape index (κ3) is 3.91. The van der Waals surface area contributed by atoms with Crippen LogP contribution in [0, 0.1) is 13.8 Å². The number of carbonyl (C=O) groups is 2. The maximum Gasteiger partial charge on any atom is 0.241 e. The Hall–Kier alpha value is -3.12. The normalized spacial score (nSPS) is 16.6. The van der Waals surface area contributed by atoms with Gasteiger partial charge in [-0.05, 0) is 55.2 Å². The molecular formula is C26H29N3O3. The number of fused-ring (bicyclic) bond motifs is 2. The van der Waals surface area contributed by atoms with Crippen LogP contribution in [0.25, 0.3) is 11.0 Å². The van der Waals surface area contributed by atoms with Crippen molar-refractivity contribution in [2.45, 2.75) is 26.7 Å². The highest BCUT2D eigenvalue weighted by molar-refractivity contribution is 5.96. The number of carbonyl (C=O) groups excluding carboxylic acids is 2. The lowest BCUT2D eigenvalue weighted by Gasteiger charge is -2.35. The van der Waals surface area contributed by atoms with Crippen molar-refractivity contribution in [2.24, 2.45) is 0 Å². The molecule has 32 heavy (non-hydrogen) atoms. The molecule has 1 aromatic heterocycles. The van der Waals surface area contributed by atoms with Gasteiger partial charge in [-0.25, -0.2) is 0 Å². The number of benzene rings is 2. The predicted octanol–water partition coefficient (Wildman–Crippen LogP) is 3.33. The lowest BCUT2D eigenvalue weighted by atomic mass is 10.0. The van der Waals surface area contributed by atoms with Crippen molar-refractivity contribution in [3.05, 3.63) is 64.9 Å². The van der Waals surface area contributed by atoms with E-state index in [2.05, 4.69) is 30.9 Å². The van der Waals surface area contributed by atoms with Crippen LogP contribution in [0.5, 0.6) is 0 Å². The summed E-state index contributed by atoms with van der Waals surface area (Å²) in [5.74, 6) is 0.260. The van der Waals surface area contributed by atoms with Gasteiger partial charge in [0.05, 0.1) is 19.2 Å². The van der Waals surface area contributed by atoms with Crippen LogP contribution in [0.2, 0.25) is 0 Å². The van der Waals surface area contributed by atoms with Gasteiger partial charge in [-0.15, -0.1) is 0 Å². The van der Waals surface area contributed by atoms with Gasteiger partial charge in [0.25, 0.3) is 0 Å². The van der Waals surface area contributed by atoms with Gasteiger partial charge in [0, 0.05) is 49.4 Å². The first kappa shape index (κ1) is 20.8. The third-order valence-corrected chi connectivity index (χ3v) is 6.88. The number of hydrogen-bond donors (Lipinski definition) is 0. The second-order valence-corrected chi connectivity index (χ2v) is 8.95. The number of hydrogen-bond acceptors (Lipinski definition) is 4. The minimum absolute atomic E-state index is 0.116. The summed E-state index contributed by atoms with van der Waals surface area (Å²) in [6, 6.07) is 12.3. The van der Waals surface area contributed by atoms with E-state index in [1.807, 2.05) is 34.1 Å². The zero-order valence-electron chi connectivity index (χ0n) is 18.8. The average Bonchev–Trinajstić information content (AvgIpc) is 3.39. The summed E-state index contributed by atoms with van der Waals surface area (Å²) in [5, 5.41) is 1.02. The largest absolute Gasteiger partial charge is 0.464 e. The molecule has 166 valence electrons. The number of para-hydroxylation sites is 1. The predicted molar refractivity (Wildman–Crippen MR) is 125 cm³/mol. The highest BCUT2D eigenvalue weighted by atomic mass is 16.3. The second-order valence-electron chi connectivity index (χ2n) is 8.95. The summed E-state index contributed by atoms with van der Waals surface area (Å²) in [7, 11) is 0. The second kappa shape index (κ2) is 8.43. The first-order valence-electron chi connectivity index (χ1n) is 11.4. The number of furan rings is 1. The van der Waals surface area contributed by atoms with Crippen molar-refractivity contribution in [3.63, 3.8) is 0 Å². The number of rotatable bonds is 4. The number of anilines is 1. The zero-order chi connectivity index (χ0) is 22.2. The van der Waals surface area contributed by atoms with Crippen molar-refractivity contribution in [3.8, 4) is 0 Å². The van der Waals surface area contributed by atoms with E-state index in [4.69, 9.17) is 4.42 Å². The fourth-order valence-electron chi connectivity index (χ4n) is 4.78.